The first-order chi connectivity index (χ1) is 9.94. The van der Waals surface area contributed by atoms with E-state index in [-0.39, 0.29) is 6.10 Å². The molecule has 0 aliphatic heterocycles. The van der Waals surface area contributed by atoms with Gasteiger partial charge >= 0.3 is 6.01 Å². The van der Waals surface area contributed by atoms with Gasteiger partial charge in [0.2, 0.25) is 11.9 Å². The predicted molar refractivity (Wildman–Crippen MR) is 86.9 cm³/mol. The third-order valence-electron chi connectivity index (χ3n) is 3.12. The maximum absolute atomic E-state index is 5.58. The summed E-state index contributed by atoms with van der Waals surface area (Å²) in [6.45, 7) is 13.3. The van der Waals surface area contributed by atoms with Crippen LogP contribution >= 0.6 is 0 Å². The van der Waals surface area contributed by atoms with Crippen LogP contribution in [0.1, 0.15) is 54.4 Å². The molecule has 0 bridgehead atoms. The van der Waals surface area contributed by atoms with Gasteiger partial charge in [0, 0.05) is 12.6 Å². The van der Waals surface area contributed by atoms with Gasteiger partial charge in [-0.25, -0.2) is 0 Å². The first-order valence-corrected chi connectivity index (χ1v) is 7.87. The van der Waals surface area contributed by atoms with Crippen molar-refractivity contribution >= 4 is 11.9 Å². The SMILES string of the molecule is CCNc1nc(NC(C)CC(C)CC)nc(OC(C)C)n1. The Labute approximate surface area is 128 Å². The Kier molecular flexibility index (Phi) is 7.19. The number of rotatable bonds is 9. The lowest BCUT2D eigenvalue weighted by atomic mass is 10.0. The Morgan fingerprint density at radius 1 is 1.00 bits per heavy atom. The van der Waals surface area contributed by atoms with Crippen LogP contribution in [0, 0.1) is 5.92 Å². The minimum Gasteiger partial charge on any atom is -0.461 e. The van der Waals surface area contributed by atoms with Crippen LogP contribution in [0.15, 0.2) is 0 Å². The molecule has 6 heteroatoms. The number of anilines is 2. The molecular formula is C15H29N5O. The second-order valence-corrected chi connectivity index (χ2v) is 5.76. The lowest BCUT2D eigenvalue weighted by molar-refractivity contribution is 0.222. The molecule has 0 saturated carbocycles. The number of ether oxygens (including phenoxy) is 1. The third kappa shape index (κ3) is 6.60. The van der Waals surface area contributed by atoms with Gasteiger partial charge in [-0.15, -0.1) is 0 Å². The zero-order valence-electron chi connectivity index (χ0n) is 14.1. The van der Waals surface area contributed by atoms with Gasteiger partial charge in [0.25, 0.3) is 0 Å². The maximum atomic E-state index is 5.58. The lowest BCUT2D eigenvalue weighted by Crippen LogP contribution is -2.21. The summed E-state index contributed by atoms with van der Waals surface area (Å²) in [6, 6.07) is 0.665. The summed E-state index contributed by atoms with van der Waals surface area (Å²) in [7, 11) is 0. The van der Waals surface area contributed by atoms with Crippen molar-refractivity contribution in [2.24, 2.45) is 5.92 Å². The molecule has 2 atom stereocenters. The molecule has 0 aromatic carbocycles. The molecule has 0 spiro atoms. The summed E-state index contributed by atoms with van der Waals surface area (Å²) in [5.41, 5.74) is 0. The van der Waals surface area contributed by atoms with Crippen molar-refractivity contribution in [3.63, 3.8) is 0 Å². The summed E-state index contributed by atoms with van der Waals surface area (Å²) < 4.78 is 5.58. The largest absolute Gasteiger partial charge is 0.461 e. The van der Waals surface area contributed by atoms with Crippen molar-refractivity contribution in [2.75, 3.05) is 17.2 Å². The number of hydrogen-bond donors (Lipinski definition) is 2. The summed E-state index contributed by atoms with van der Waals surface area (Å²) in [4.78, 5) is 13.0. The Balaban J connectivity index is 2.81. The molecule has 1 heterocycles. The molecule has 0 saturated heterocycles. The van der Waals surface area contributed by atoms with Crippen molar-refractivity contribution in [3.8, 4) is 6.01 Å². The highest BCUT2D eigenvalue weighted by Crippen LogP contribution is 2.16. The Morgan fingerprint density at radius 2 is 1.67 bits per heavy atom. The van der Waals surface area contributed by atoms with Gasteiger partial charge in [0.1, 0.15) is 0 Å². The minimum atomic E-state index is 0.0345. The molecule has 21 heavy (non-hydrogen) atoms. The standard InChI is InChI=1S/C15H29N5O/c1-7-11(5)9-12(6)17-14-18-13(16-8-2)19-15(20-14)21-10(3)4/h10-12H,7-9H2,1-6H3,(H2,16,17,18,19,20). The molecule has 2 N–H and O–H groups in total. The van der Waals surface area contributed by atoms with Crippen molar-refractivity contribution < 1.29 is 4.74 Å². The zero-order valence-corrected chi connectivity index (χ0v) is 14.1. The lowest BCUT2D eigenvalue weighted by Gasteiger charge is -2.18. The molecule has 0 radical (unpaired) electrons. The van der Waals surface area contributed by atoms with E-state index in [0.29, 0.717) is 29.9 Å². The first-order valence-electron chi connectivity index (χ1n) is 7.87. The molecule has 1 aromatic heterocycles. The summed E-state index contributed by atoms with van der Waals surface area (Å²) >= 11 is 0. The number of hydrogen-bond acceptors (Lipinski definition) is 6. The molecule has 0 aliphatic carbocycles. The first kappa shape index (κ1) is 17.5. The zero-order chi connectivity index (χ0) is 15.8. The van der Waals surface area contributed by atoms with Gasteiger partial charge < -0.3 is 15.4 Å². The van der Waals surface area contributed by atoms with E-state index < -0.39 is 0 Å². The van der Waals surface area contributed by atoms with Gasteiger partial charge in [0.15, 0.2) is 0 Å². The molecule has 0 amide bonds. The van der Waals surface area contributed by atoms with E-state index in [1.807, 2.05) is 20.8 Å². The Morgan fingerprint density at radius 3 is 2.24 bits per heavy atom. The topological polar surface area (TPSA) is 72.0 Å². The predicted octanol–water partition coefficient (Wildman–Crippen LogP) is 3.33. The van der Waals surface area contributed by atoms with Crippen molar-refractivity contribution in [3.05, 3.63) is 0 Å². The van der Waals surface area contributed by atoms with Crippen molar-refractivity contribution in [1.29, 1.82) is 0 Å². The fraction of sp³-hybridized carbons (Fsp3) is 0.800. The van der Waals surface area contributed by atoms with Gasteiger partial charge in [-0.05, 0) is 40.0 Å². The smallest absolute Gasteiger partial charge is 0.323 e. The molecule has 0 aliphatic rings. The Bertz CT molecular complexity index is 425. The fourth-order valence-corrected chi connectivity index (χ4v) is 1.97. The van der Waals surface area contributed by atoms with E-state index in [9.17, 15) is 0 Å². The molecule has 1 rings (SSSR count). The normalized spacial score (nSPS) is 13.9. The average Bonchev–Trinajstić information content (AvgIpc) is 2.37. The quantitative estimate of drug-likeness (QED) is 0.728. The monoisotopic (exact) mass is 295 g/mol. The average molecular weight is 295 g/mol. The highest BCUT2D eigenvalue weighted by atomic mass is 16.5. The second kappa shape index (κ2) is 8.64. The number of aromatic nitrogens is 3. The number of nitrogens with one attached hydrogen (secondary N) is 2. The summed E-state index contributed by atoms with van der Waals surface area (Å²) in [6.07, 6.45) is 2.29. The van der Waals surface area contributed by atoms with Gasteiger partial charge in [-0.2, -0.15) is 15.0 Å². The van der Waals surface area contributed by atoms with Crippen LogP contribution in [0.5, 0.6) is 6.01 Å². The number of nitrogens with zero attached hydrogens (tertiary/aromatic N) is 3. The summed E-state index contributed by atoms with van der Waals surface area (Å²) in [5.74, 6) is 1.78. The summed E-state index contributed by atoms with van der Waals surface area (Å²) in [5, 5.41) is 6.44. The van der Waals surface area contributed by atoms with E-state index >= 15 is 0 Å². The van der Waals surface area contributed by atoms with E-state index in [1.54, 1.807) is 0 Å². The van der Waals surface area contributed by atoms with Gasteiger partial charge in [-0.3, -0.25) is 0 Å². The van der Waals surface area contributed by atoms with Crippen LogP contribution in [-0.2, 0) is 0 Å². The van der Waals surface area contributed by atoms with Crippen molar-refractivity contribution in [2.45, 2.75) is 66.5 Å². The molecule has 2 unspecified atom stereocenters. The third-order valence-corrected chi connectivity index (χ3v) is 3.12. The van der Waals surface area contributed by atoms with Crippen LogP contribution in [0.2, 0.25) is 0 Å². The minimum absolute atomic E-state index is 0.0345. The van der Waals surface area contributed by atoms with Gasteiger partial charge in [0.05, 0.1) is 6.10 Å². The van der Waals surface area contributed by atoms with Crippen molar-refractivity contribution in [1.82, 2.24) is 15.0 Å². The van der Waals surface area contributed by atoms with E-state index in [2.05, 4.69) is 46.4 Å². The highest BCUT2D eigenvalue weighted by molar-refractivity contribution is 5.36. The van der Waals surface area contributed by atoms with Crippen LogP contribution in [0.3, 0.4) is 0 Å². The Hall–Kier alpha value is -1.59. The van der Waals surface area contributed by atoms with Crippen LogP contribution in [-0.4, -0.2) is 33.6 Å². The molecular weight excluding hydrogens is 266 g/mol. The molecule has 0 fully saturated rings. The fourth-order valence-electron chi connectivity index (χ4n) is 1.97. The van der Waals surface area contributed by atoms with Crippen LogP contribution in [0.25, 0.3) is 0 Å². The second-order valence-electron chi connectivity index (χ2n) is 5.76. The highest BCUT2D eigenvalue weighted by Gasteiger charge is 2.12. The van der Waals surface area contributed by atoms with E-state index in [4.69, 9.17) is 4.74 Å². The molecule has 120 valence electrons. The van der Waals surface area contributed by atoms with E-state index in [0.717, 1.165) is 13.0 Å². The van der Waals surface area contributed by atoms with Crippen LogP contribution < -0.4 is 15.4 Å². The van der Waals surface area contributed by atoms with Crippen LogP contribution in [0.4, 0.5) is 11.9 Å². The molecule has 6 nitrogen and oxygen atoms in total. The van der Waals surface area contributed by atoms with Gasteiger partial charge in [-0.1, -0.05) is 20.3 Å². The maximum Gasteiger partial charge on any atom is 0.323 e. The van der Waals surface area contributed by atoms with E-state index in [1.165, 1.54) is 6.42 Å². The molecule has 1 aromatic rings.